The Balaban J connectivity index is -0.000000529. The van der Waals surface area contributed by atoms with Crippen LogP contribution in [0.1, 0.15) is 148 Å². The molecule has 0 aliphatic heterocycles. The van der Waals surface area contributed by atoms with Gasteiger partial charge in [0.25, 0.3) is 0 Å². The van der Waals surface area contributed by atoms with Crippen molar-refractivity contribution in [2.75, 3.05) is 0 Å². The number of rotatable bonds is 26. The monoisotopic (exact) mass is 592 g/mol. The molecule has 0 aliphatic rings. The molecule has 0 saturated carbocycles. The lowest BCUT2D eigenvalue weighted by Gasteiger charge is -1.98. The highest BCUT2D eigenvalue weighted by atomic mass is 16.4. The molecule has 0 aromatic rings. The van der Waals surface area contributed by atoms with Crippen molar-refractivity contribution >= 4 is 35.8 Å². The number of hydrogen-bond donors (Lipinski definition) is 6. The molecule has 0 bridgehead atoms. The van der Waals surface area contributed by atoms with E-state index in [0.29, 0.717) is 12.8 Å². The lowest BCUT2D eigenvalue weighted by Crippen LogP contribution is -1.95. The van der Waals surface area contributed by atoms with Crippen LogP contribution in [0.5, 0.6) is 0 Å². The highest BCUT2D eigenvalue weighted by molar-refractivity contribution is 5.68. The first-order chi connectivity index (χ1) is 19.4. The Morgan fingerprint density at radius 1 is 0.220 bits per heavy atom. The first kappa shape index (κ1) is 42.3. The summed E-state index contributed by atoms with van der Waals surface area (Å²) in [6, 6.07) is 0. The van der Waals surface area contributed by atoms with E-state index in [2.05, 4.69) is 0 Å². The third-order valence-corrected chi connectivity index (χ3v) is 5.84. The minimum absolute atomic E-state index is 0.221. The van der Waals surface area contributed by atoms with Crippen molar-refractivity contribution in [1.82, 2.24) is 0 Å². The summed E-state index contributed by atoms with van der Waals surface area (Å²) in [4.78, 5) is 60.8. The van der Waals surface area contributed by atoms with Crippen molar-refractivity contribution in [2.24, 2.45) is 0 Å². The highest BCUT2D eigenvalue weighted by Gasteiger charge is 2.00. The van der Waals surface area contributed by atoms with Gasteiger partial charge in [-0.1, -0.05) is 70.6 Å². The van der Waals surface area contributed by atoms with Gasteiger partial charge in [0.1, 0.15) is 0 Å². The molecule has 0 saturated heterocycles. The largest absolute Gasteiger partial charge is 0.481 e. The molecule has 240 valence electrons. The maximum absolute atomic E-state index is 10.1. The molecule has 12 nitrogen and oxygen atoms in total. The van der Waals surface area contributed by atoms with E-state index in [1.807, 2.05) is 0 Å². The van der Waals surface area contributed by atoms with E-state index in [4.69, 9.17) is 30.6 Å². The van der Waals surface area contributed by atoms with Gasteiger partial charge in [0.05, 0.1) is 0 Å². The number of carboxylic acid groups (broad SMARTS) is 6. The standard InChI is InChI=1S/2C10H18O4.C9H16O4/c2*11-9(12)7-5-3-1-2-4-6-8-10(13)14;10-8(11)6-4-2-1-3-5-7-9(12)13/h2*1-8H2,(H,11,12)(H,13,14);1-7H2,(H,10,11)(H,12,13). The van der Waals surface area contributed by atoms with Gasteiger partial charge in [0, 0.05) is 38.5 Å². The van der Waals surface area contributed by atoms with Crippen LogP contribution in [0.2, 0.25) is 0 Å². The SMILES string of the molecule is O=C(O)CCCCCCCC(=O)O.O=C(O)CCCCCCCCC(=O)O.O=C(O)CCCCCCCCC(=O)O. The van der Waals surface area contributed by atoms with E-state index in [1.165, 1.54) is 0 Å². The fourth-order valence-corrected chi connectivity index (χ4v) is 3.60. The van der Waals surface area contributed by atoms with E-state index >= 15 is 0 Å². The number of hydrogen-bond acceptors (Lipinski definition) is 6. The Hall–Kier alpha value is -3.18. The molecule has 0 radical (unpaired) electrons. The van der Waals surface area contributed by atoms with Crippen molar-refractivity contribution in [1.29, 1.82) is 0 Å². The average Bonchev–Trinajstić information content (AvgIpc) is 2.86. The molecule has 0 heterocycles. The lowest BCUT2D eigenvalue weighted by molar-refractivity contribution is -0.138. The fourth-order valence-electron chi connectivity index (χ4n) is 3.60. The number of carboxylic acids is 6. The molecule has 6 N–H and O–H groups in total. The summed E-state index contributed by atoms with van der Waals surface area (Å²) in [5.41, 5.74) is 0. The van der Waals surface area contributed by atoms with Gasteiger partial charge in [-0.25, -0.2) is 0 Å². The van der Waals surface area contributed by atoms with E-state index in [-0.39, 0.29) is 38.5 Å². The molecule has 0 aliphatic carbocycles. The van der Waals surface area contributed by atoms with Crippen LogP contribution >= 0.6 is 0 Å². The van der Waals surface area contributed by atoms with Crippen LogP contribution in [0.15, 0.2) is 0 Å². The topological polar surface area (TPSA) is 224 Å². The molecule has 0 atom stereocenters. The van der Waals surface area contributed by atoms with Crippen molar-refractivity contribution < 1.29 is 59.4 Å². The summed E-state index contributed by atoms with van der Waals surface area (Å²) in [6.07, 6.45) is 16.2. The predicted molar refractivity (Wildman–Crippen MR) is 152 cm³/mol. The molecule has 12 heteroatoms. The maximum Gasteiger partial charge on any atom is 0.303 e. The summed E-state index contributed by atoms with van der Waals surface area (Å²) in [6.45, 7) is 0. The van der Waals surface area contributed by atoms with Crippen LogP contribution in [0, 0.1) is 0 Å². The molecule has 0 rings (SSSR count). The van der Waals surface area contributed by atoms with Crippen LogP contribution in [0.25, 0.3) is 0 Å². The maximum atomic E-state index is 10.1. The van der Waals surface area contributed by atoms with Gasteiger partial charge in [-0.3, -0.25) is 28.8 Å². The fraction of sp³-hybridized carbons (Fsp3) is 0.793. The van der Waals surface area contributed by atoms with Gasteiger partial charge in [-0.05, 0) is 38.5 Å². The van der Waals surface area contributed by atoms with E-state index in [1.54, 1.807) is 0 Å². The summed E-state index contributed by atoms with van der Waals surface area (Å²) in [7, 11) is 0. The molecule has 0 aromatic heterocycles. The van der Waals surface area contributed by atoms with Crippen LogP contribution in [0.3, 0.4) is 0 Å². The van der Waals surface area contributed by atoms with Crippen molar-refractivity contribution in [2.45, 2.75) is 148 Å². The summed E-state index contributed by atoms with van der Waals surface area (Å²) >= 11 is 0. The van der Waals surface area contributed by atoms with Crippen LogP contribution in [-0.4, -0.2) is 66.5 Å². The molecule has 0 amide bonds. The molecular formula is C29H52O12. The molecule has 0 fully saturated rings. The average molecular weight is 593 g/mol. The second kappa shape index (κ2) is 33.0. The number of carbonyl (C=O) groups is 6. The third kappa shape index (κ3) is 53.7. The zero-order valence-electron chi connectivity index (χ0n) is 24.4. The van der Waals surface area contributed by atoms with Crippen molar-refractivity contribution in [3.63, 3.8) is 0 Å². The molecule has 41 heavy (non-hydrogen) atoms. The third-order valence-electron chi connectivity index (χ3n) is 5.84. The summed E-state index contributed by atoms with van der Waals surface area (Å²) < 4.78 is 0. The van der Waals surface area contributed by atoms with Gasteiger partial charge >= 0.3 is 35.8 Å². The van der Waals surface area contributed by atoms with Crippen molar-refractivity contribution in [3.05, 3.63) is 0 Å². The van der Waals surface area contributed by atoms with E-state index < -0.39 is 35.8 Å². The van der Waals surface area contributed by atoms with Crippen LogP contribution < -0.4 is 0 Å². The van der Waals surface area contributed by atoms with Gasteiger partial charge < -0.3 is 30.6 Å². The Bertz CT molecular complexity index is 608. The van der Waals surface area contributed by atoms with Gasteiger partial charge in [0.2, 0.25) is 0 Å². The second-order valence-electron chi connectivity index (χ2n) is 9.87. The quantitative estimate of drug-likeness (QED) is 0.0597. The van der Waals surface area contributed by atoms with Crippen LogP contribution in [-0.2, 0) is 28.8 Å². The second-order valence-corrected chi connectivity index (χ2v) is 9.87. The first-order valence-corrected chi connectivity index (χ1v) is 14.7. The number of aliphatic carboxylic acids is 6. The minimum atomic E-state index is -0.759. The molecule has 0 aromatic carbocycles. The van der Waals surface area contributed by atoms with E-state index in [0.717, 1.165) is 96.3 Å². The number of unbranched alkanes of at least 4 members (excludes halogenated alkanes) is 14. The highest BCUT2D eigenvalue weighted by Crippen LogP contribution is 2.09. The van der Waals surface area contributed by atoms with Gasteiger partial charge in [0.15, 0.2) is 0 Å². The summed E-state index contributed by atoms with van der Waals surface area (Å²) in [5.74, 6) is -4.48. The smallest absolute Gasteiger partial charge is 0.303 e. The summed E-state index contributed by atoms with van der Waals surface area (Å²) in [5, 5.41) is 50.0. The zero-order chi connectivity index (χ0) is 31.7. The first-order valence-electron chi connectivity index (χ1n) is 14.7. The Morgan fingerprint density at radius 2 is 0.317 bits per heavy atom. The Kier molecular flexibility index (Phi) is 34.1. The normalized spacial score (nSPS) is 9.95. The Labute approximate surface area is 243 Å². The van der Waals surface area contributed by atoms with Crippen LogP contribution in [0.4, 0.5) is 0 Å². The van der Waals surface area contributed by atoms with E-state index in [9.17, 15) is 28.8 Å². The molecular weight excluding hydrogens is 540 g/mol. The lowest BCUT2D eigenvalue weighted by atomic mass is 10.1. The zero-order valence-corrected chi connectivity index (χ0v) is 24.4. The minimum Gasteiger partial charge on any atom is -0.481 e. The Morgan fingerprint density at radius 3 is 0.415 bits per heavy atom. The predicted octanol–water partition coefficient (Wildman–Crippen LogP) is 6.44. The van der Waals surface area contributed by atoms with Gasteiger partial charge in [-0.15, -0.1) is 0 Å². The molecule has 0 spiro atoms. The van der Waals surface area contributed by atoms with Crippen molar-refractivity contribution in [3.8, 4) is 0 Å². The molecule has 0 unspecified atom stereocenters. The van der Waals surface area contributed by atoms with Gasteiger partial charge in [-0.2, -0.15) is 0 Å².